The quantitative estimate of drug-likeness (QED) is 0.126. The molecule has 20 heteroatoms. The summed E-state index contributed by atoms with van der Waals surface area (Å²) in [5, 5.41) is 38.7. The van der Waals surface area contributed by atoms with Crippen LogP contribution in [0.1, 0.15) is 99.1 Å². The molecule has 2 saturated heterocycles. The predicted molar refractivity (Wildman–Crippen MR) is 290 cm³/mol. The van der Waals surface area contributed by atoms with Gasteiger partial charge in [0.15, 0.2) is 0 Å². The monoisotopic (exact) mass is 1100 g/mol. The number of halogens is 6. The molecular formula is C60H60F6N10O4. The molecule has 2 unspecified atom stereocenters. The van der Waals surface area contributed by atoms with Crippen LogP contribution in [-0.2, 0) is 34.8 Å². The molecule has 12 rings (SSSR count). The van der Waals surface area contributed by atoms with Crippen molar-refractivity contribution in [1.82, 2.24) is 49.1 Å². The lowest BCUT2D eigenvalue weighted by Crippen LogP contribution is -2.28. The first-order valence-electron chi connectivity index (χ1n) is 26.6. The lowest BCUT2D eigenvalue weighted by molar-refractivity contribution is 0.0547. The molecule has 14 nitrogen and oxygen atoms in total. The maximum atomic E-state index is 15.9. The van der Waals surface area contributed by atoms with Crippen LogP contribution in [0.2, 0.25) is 0 Å². The average Bonchev–Trinajstić information content (AvgIpc) is 4.15. The summed E-state index contributed by atoms with van der Waals surface area (Å²) in [6.07, 6.45) is 5.71. The van der Waals surface area contributed by atoms with Crippen molar-refractivity contribution in [2.45, 2.75) is 90.5 Å². The van der Waals surface area contributed by atoms with Crippen LogP contribution in [0, 0.1) is 60.6 Å². The first kappa shape index (κ1) is 54.4. The fourth-order valence-corrected chi connectivity index (χ4v) is 12.0. The van der Waals surface area contributed by atoms with Crippen LogP contribution >= 0.6 is 0 Å². The van der Waals surface area contributed by atoms with E-state index in [0.717, 1.165) is 35.7 Å². The van der Waals surface area contributed by atoms with E-state index in [1.54, 1.807) is 75.7 Å². The molecule has 0 amide bonds. The molecule has 0 radical (unpaired) electrons. The Morgan fingerprint density at radius 3 is 1.23 bits per heavy atom. The van der Waals surface area contributed by atoms with Gasteiger partial charge in [0.25, 0.3) is 0 Å². The van der Waals surface area contributed by atoms with E-state index < -0.39 is 58.2 Å². The molecule has 416 valence electrons. The molecule has 2 aliphatic rings. The maximum absolute atomic E-state index is 15.9. The van der Waals surface area contributed by atoms with Gasteiger partial charge in [-0.25, -0.2) is 35.7 Å². The first-order chi connectivity index (χ1) is 38.1. The van der Waals surface area contributed by atoms with Gasteiger partial charge in [0, 0.05) is 75.2 Å². The van der Waals surface area contributed by atoms with E-state index in [1.165, 1.54) is 24.3 Å². The second-order valence-electron chi connectivity index (χ2n) is 22.2. The largest absolute Gasteiger partial charge is 0.386 e. The second-order valence-corrected chi connectivity index (χ2v) is 22.2. The normalized spacial score (nSPS) is 15.8. The highest BCUT2D eigenvalue weighted by Crippen LogP contribution is 2.46. The molecule has 0 aliphatic carbocycles. The molecular weight excluding hydrogens is 1040 g/mol. The van der Waals surface area contributed by atoms with Gasteiger partial charge in [0.05, 0.1) is 89.9 Å². The number of aliphatic hydroxyl groups is 2. The summed E-state index contributed by atoms with van der Waals surface area (Å²) in [5.41, 5.74) is 5.42. The fraction of sp³-hybridized carbons (Fsp3) is 0.367. The number of hydrogen-bond acceptors (Lipinski definition) is 10. The minimum absolute atomic E-state index is 0.138. The van der Waals surface area contributed by atoms with E-state index in [9.17, 15) is 19.0 Å². The molecule has 80 heavy (non-hydrogen) atoms. The number of aromatic nitrogens is 10. The number of fused-ring (bicyclic) bond motifs is 6. The molecule has 6 aromatic heterocycles. The van der Waals surface area contributed by atoms with Gasteiger partial charge in [-0.1, -0.05) is 10.4 Å². The summed E-state index contributed by atoms with van der Waals surface area (Å²) < 4.78 is 111. The lowest BCUT2D eigenvalue weighted by atomic mass is 9.86. The Hall–Kier alpha value is -7.52. The van der Waals surface area contributed by atoms with Crippen LogP contribution < -0.4 is 0 Å². The van der Waals surface area contributed by atoms with Gasteiger partial charge in [0.2, 0.25) is 0 Å². The van der Waals surface area contributed by atoms with E-state index in [-0.39, 0.29) is 33.7 Å². The highest BCUT2D eigenvalue weighted by Gasteiger charge is 2.36. The molecule has 8 heterocycles. The number of pyridine rings is 2. The van der Waals surface area contributed by atoms with Crippen molar-refractivity contribution in [3.05, 3.63) is 154 Å². The van der Waals surface area contributed by atoms with Crippen molar-refractivity contribution in [1.29, 1.82) is 0 Å². The van der Waals surface area contributed by atoms with Crippen LogP contribution in [-0.4, -0.2) is 85.7 Å². The van der Waals surface area contributed by atoms with E-state index >= 15 is 17.6 Å². The fourth-order valence-electron chi connectivity index (χ4n) is 12.0. The van der Waals surface area contributed by atoms with E-state index in [1.807, 2.05) is 35.1 Å². The van der Waals surface area contributed by atoms with Crippen LogP contribution in [0.3, 0.4) is 0 Å². The van der Waals surface area contributed by atoms with Crippen LogP contribution in [0.15, 0.2) is 85.2 Å². The van der Waals surface area contributed by atoms with Gasteiger partial charge in [-0.15, -0.1) is 10.2 Å². The Kier molecular flexibility index (Phi) is 14.2. The number of ether oxygens (including phenoxy) is 2. The molecule has 2 aliphatic heterocycles. The zero-order chi connectivity index (χ0) is 56.7. The van der Waals surface area contributed by atoms with Crippen molar-refractivity contribution in [2.24, 2.45) is 25.9 Å². The topological polar surface area (TPSA) is 156 Å². The van der Waals surface area contributed by atoms with E-state index in [0.29, 0.717) is 119 Å². The summed E-state index contributed by atoms with van der Waals surface area (Å²) >= 11 is 0. The average molecular weight is 1100 g/mol. The Bertz CT molecular complexity index is 3720. The van der Waals surface area contributed by atoms with Gasteiger partial charge in [-0.2, -0.15) is 0 Å². The van der Waals surface area contributed by atoms with Crippen molar-refractivity contribution in [3.63, 3.8) is 0 Å². The van der Waals surface area contributed by atoms with Crippen molar-refractivity contribution in [3.8, 4) is 22.5 Å². The molecule has 2 atom stereocenters. The molecule has 0 saturated carbocycles. The Morgan fingerprint density at radius 1 is 0.512 bits per heavy atom. The van der Waals surface area contributed by atoms with Gasteiger partial charge in [-0.3, -0.25) is 9.97 Å². The molecule has 2 fully saturated rings. The third-order valence-corrected chi connectivity index (χ3v) is 15.9. The van der Waals surface area contributed by atoms with Gasteiger partial charge in [-0.05, 0) is 163 Å². The molecule has 4 aromatic carbocycles. The van der Waals surface area contributed by atoms with Crippen molar-refractivity contribution >= 4 is 43.9 Å². The summed E-state index contributed by atoms with van der Waals surface area (Å²) in [5.74, 6) is -3.61. The summed E-state index contributed by atoms with van der Waals surface area (Å²) in [6, 6.07) is 15.3. The standard InChI is InChI=1S/2C30H30F3N5O2/c2*1-16-28(37(4)36-35-16)18-11-25-27(34-15-18)26-23(33)12-19(30(2,3)39)13-24(26)38(25)29(17-7-9-40-10-8-17)21-14-20(31)5-6-22(21)32/h2*5-6,11-15,17,29,39H,7-10H2,1-4H3. The van der Waals surface area contributed by atoms with Crippen molar-refractivity contribution < 1.29 is 46.0 Å². The van der Waals surface area contributed by atoms with Gasteiger partial charge in [0.1, 0.15) is 34.9 Å². The Balaban J connectivity index is 0.000000169. The minimum Gasteiger partial charge on any atom is -0.386 e. The van der Waals surface area contributed by atoms with Crippen LogP contribution in [0.4, 0.5) is 26.3 Å². The third kappa shape index (κ3) is 9.78. The van der Waals surface area contributed by atoms with Crippen LogP contribution in [0.5, 0.6) is 0 Å². The summed E-state index contributed by atoms with van der Waals surface area (Å²) in [6.45, 7) is 11.9. The number of aryl methyl sites for hydroxylation is 4. The maximum Gasteiger partial charge on any atom is 0.135 e. The highest BCUT2D eigenvalue weighted by molar-refractivity contribution is 6.08. The summed E-state index contributed by atoms with van der Waals surface area (Å²) in [4.78, 5) is 9.39. The Morgan fingerprint density at radius 2 is 0.887 bits per heavy atom. The van der Waals surface area contributed by atoms with Gasteiger partial charge >= 0.3 is 0 Å². The zero-order valence-electron chi connectivity index (χ0n) is 45.5. The number of hydrogen-bond donors (Lipinski definition) is 2. The number of rotatable bonds is 10. The Labute approximate surface area is 456 Å². The minimum atomic E-state index is -1.34. The highest BCUT2D eigenvalue weighted by atomic mass is 19.1. The van der Waals surface area contributed by atoms with Gasteiger partial charge < -0.3 is 28.8 Å². The van der Waals surface area contributed by atoms with E-state index in [4.69, 9.17) is 19.4 Å². The lowest BCUT2D eigenvalue weighted by Gasteiger charge is -2.33. The molecule has 10 aromatic rings. The van der Waals surface area contributed by atoms with E-state index in [2.05, 4.69) is 20.6 Å². The second kappa shape index (κ2) is 20.9. The number of benzene rings is 4. The molecule has 0 spiro atoms. The molecule has 2 N–H and O–H groups in total. The predicted octanol–water partition coefficient (Wildman–Crippen LogP) is 11.9. The first-order valence-corrected chi connectivity index (χ1v) is 26.6. The zero-order valence-corrected chi connectivity index (χ0v) is 45.5. The summed E-state index contributed by atoms with van der Waals surface area (Å²) in [7, 11) is 3.55. The van der Waals surface area contributed by atoms with Crippen LogP contribution in [0.25, 0.3) is 66.4 Å². The smallest absolute Gasteiger partial charge is 0.135 e. The third-order valence-electron chi connectivity index (χ3n) is 15.9. The van der Waals surface area contributed by atoms with Crippen molar-refractivity contribution in [2.75, 3.05) is 26.4 Å². The number of nitrogens with zero attached hydrogens (tertiary/aromatic N) is 10. The molecule has 0 bridgehead atoms. The SMILES string of the molecule is Cc1nnn(C)c1-c1cnc2c3c(F)cc(C(C)(C)O)cc3n(C(c3cc(F)ccc3F)C3CCOCC3)c2c1.Cc1nnn(C)c1-c1cnc2c3c(F)cc(C(C)(C)O)cc3n(C(c3cc(F)ccc3F)C3CCOCC3)c2c1.